The molecule has 1 aliphatic heterocycles. The summed E-state index contributed by atoms with van der Waals surface area (Å²) in [5, 5.41) is 6.30. The van der Waals surface area contributed by atoms with E-state index in [1.165, 1.54) is 31.0 Å². The summed E-state index contributed by atoms with van der Waals surface area (Å²) in [5.41, 5.74) is 1.04. The van der Waals surface area contributed by atoms with E-state index in [2.05, 4.69) is 10.6 Å². The maximum absolute atomic E-state index is 12.2. The Hall–Kier alpha value is -1.73. The van der Waals surface area contributed by atoms with Crippen LogP contribution in [0.2, 0.25) is 0 Å². The zero-order valence-electron chi connectivity index (χ0n) is 15.0. The molecule has 0 radical (unpaired) electrons. The van der Waals surface area contributed by atoms with E-state index >= 15 is 0 Å². The summed E-state index contributed by atoms with van der Waals surface area (Å²) in [6.45, 7) is 3.27. The minimum atomic E-state index is -0.382. The average Bonchev–Trinajstić information content (AvgIpc) is 2.68. The van der Waals surface area contributed by atoms with Gasteiger partial charge in [-0.2, -0.15) is 0 Å². The number of rotatable bonds is 4. The molecular weight excluding hydrogens is 350 g/mol. The quantitative estimate of drug-likeness (QED) is 0.842. The molecule has 1 aromatic rings. The molecule has 142 valence electrons. The second-order valence-corrected chi connectivity index (χ2v) is 7.73. The molecule has 2 aliphatic rings. The van der Waals surface area contributed by atoms with E-state index < -0.39 is 0 Å². The van der Waals surface area contributed by atoms with Crippen LogP contribution in [0.3, 0.4) is 0 Å². The Balaban J connectivity index is 1.41. The van der Waals surface area contributed by atoms with E-state index in [0.717, 1.165) is 44.6 Å². The lowest BCUT2D eigenvalue weighted by molar-refractivity contribution is 0.192. The number of carbonyl (C=O) groups excluding carboxylic acids is 2. The van der Waals surface area contributed by atoms with Crippen LogP contribution in [0.15, 0.2) is 24.3 Å². The summed E-state index contributed by atoms with van der Waals surface area (Å²) < 4.78 is 5.35. The first-order valence-corrected chi connectivity index (χ1v) is 10.4. The molecule has 7 heteroatoms. The van der Waals surface area contributed by atoms with Crippen LogP contribution in [-0.2, 0) is 5.75 Å². The van der Waals surface area contributed by atoms with Gasteiger partial charge in [-0.05, 0) is 30.5 Å². The van der Waals surface area contributed by atoms with Crippen molar-refractivity contribution in [3.8, 4) is 5.75 Å². The molecule has 2 amide bonds. The average molecular weight is 378 g/mol. The molecule has 0 atom stereocenters. The zero-order chi connectivity index (χ0) is 18.2. The van der Waals surface area contributed by atoms with Crippen molar-refractivity contribution in [2.75, 3.05) is 26.2 Å². The molecule has 1 saturated heterocycles. The van der Waals surface area contributed by atoms with Crippen molar-refractivity contribution in [3.63, 3.8) is 0 Å². The summed E-state index contributed by atoms with van der Waals surface area (Å²) in [4.78, 5) is 26.0. The van der Waals surface area contributed by atoms with Crippen molar-refractivity contribution in [1.82, 2.24) is 15.5 Å². The Kier molecular flexibility index (Phi) is 7.20. The van der Waals surface area contributed by atoms with Crippen LogP contribution in [0.25, 0.3) is 0 Å². The van der Waals surface area contributed by atoms with E-state index in [9.17, 15) is 9.59 Å². The predicted octanol–water partition coefficient (Wildman–Crippen LogP) is 3.37. The first kappa shape index (κ1) is 19.0. The molecular formula is C19H27N3O3S. The smallest absolute Gasteiger partial charge is 0.410 e. The molecule has 1 heterocycles. The number of piperazine rings is 1. The minimum Gasteiger partial charge on any atom is -0.410 e. The minimum absolute atomic E-state index is 0.124. The van der Waals surface area contributed by atoms with Gasteiger partial charge in [-0.15, -0.1) is 0 Å². The number of amides is 2. The fourth-order valence-corrected chi connectivity index (χ4v) is 4.14. The molecule has 1 aliphatic carbocycles. The number of hydrogen-bond donors (Lipinski definition) is 2. The normalized spacial score (nSPS) is 18.4. The number of ether oxygens (including phenoxy) is 1. The van der Waals surface area contributed by atoms with Crippen molar-refractivity contribution in [2.45, 2.75) is 43.9 Å². The Labute approximate surface area is 159 Å². The van der Waals surface area contributed by atoms with Crippen molar-refractivity contribution in [3.05, 3.63) is 29.8 Å². The van der Waals surface area contributed by atoms with Crippen LogP contribution in [0, 0.1) is 0 Å². The van der Waals surface area contributed by atoms with Gasteiger partial charge in [-0.1, -0.05) is 43.2 Å². The van der Waals surface area contributed by atoms with Gasteiger partial charge in [0.25, 0.3) is 5.24 Å². The molecule has 3 rings (SSSR count). The number of benzene rings is 1. The molecule has 0 bridgehead atoms. The lowest BCUT2D eigenvalue weighted by atomic mass is 9.96. The maximum Gasteiger partial charge on any atom is 0.412 e. The topological polar surface area (TPSA) is 70.7 Å². The predicted molar refractivity (Wildman–Crippen MR) is 104 cm³/mol. The van der Waals surface area contributed by atoms with Gasteiger partial charge in [0, 0.05) is 38.0 Å². The number of thioether (sulfide) groups is 1. The summed E-state index contributed by atoms with van der Waals surface area (Å²) >= 11 is 1.32. The van der Waals surface area contributed by atoms with E-state index in [4.69, 9.17) is 4.74 Å². The highest BCUT2D eigenvalue weighted by atomic mass is 32.2. The number of carbonyl (C=O) groups is 2. The van der Waals surface area contributed by atoms with Crippen molar-refractivity contribution < 1.29 is 14.3 Å². The van der Waals surface area contributed by atoms with E-state index in [1.807, 2.05) is 17.0 Å². The Morgan fingerprint density at radius 2 is 1.81 bits per heavy atom. The van der Waals surface area contributed by atoms with Crippen LogP contribution in [0.4, 0.5) is 9.59 Å². The molecule has 1 saturated carbocycles. The van der Waals surface area contributed by atoms with Gasteiger partial charge in [0.15, 0.2) is 0 Å². The van der Waals surface area contributed by atoms with E-state index in [0.29, 0.717) is 11.5 Å². The molecule has 0 aromatic heterocycles. The molecule has 6 nitrogen and oxygen atoms in total. The zero-order valence-corrected chi connectivity index (χ0v) is 15.9. The molecule has 0 spiro atoms. The molecule has 26 heavy (non-hydrogen) atoms. The van der Waals surface area contributed by atoms with Gasteiger partial charge in [0.05, 0.1) is 0 Å². The standard InChI is InChI=1S/C19H27N3O3S/c23-18(21-16-4-2-1-3-5-16)25-17-8-6-15(7-9-17)14-26-19(24)22-12-10-20-11-13-22/h6-9,16,20H,1-5,10-14H2,(H,21,23). The first-order chi connectivity index (χ1) is 12.7. The monoisotopic (exact) mass is 377 g/mol. The van der Waals surface area contributed by atoms with Gasteiger partial charge < -0.3 is 20.3 Å². The second kappa shape index (κ2) is 9.83. The number of hydrogen-bond acceptors (Lipinski definition) is 5. The highest BCUT2D eigenvalue weighted by Gasteiger charge is 2.18. The highest BCUT2D eigenvalue weighted by Crippen LogP contribution is 2.20. The SMILES string of the molecule is O=C(NC1CCCCC1)Oc1ccc(CSC(=O)N2CCNCC2)cc1. The Bertz CT molecular complexity index is 597. The van der Waals surface area contributed by atoms with Gasteiger partial charge >= 0.3 is 6.09 Å². The highest BCUT2D eigenvalue weighted by molar-refractivity contribution is 8.12. The van der Waals surface area contributed by atoms with Gasteiger partial charge in [0.2, 0.25) is 0 Å². The summed E-state index contributed by atoms with van der Waals surface area (Å²) in [5.74, 6) is 1.15. The fourth-order valence-electron chi connectivity index (χ4n) is 3.29. The van der Waals surface area contributed by atoms with E-state index in [1.54, 1.807) is 12.1 Å². The van der Waals surface area contributed by atoms with Crippen LogP contribution >= 0.6 is 11.8 Å². The van der Waals surface area contributed by atoms with Crippen molar-refractivity contribution >= 4 is 23.1 Å². The van der Waals surface area contributed by atoms with Crippen molar-refractivity contribution in [2.24, 2.45) is 0 Å². The molecule has 0 unspecified atom stereocenters. The summed E-state index contributed by atoms with van der Waals surface area (Å²) in [6, 6.07) is 7.61. The van der Waals surface area contributed by atoms with Crippen LogP contribution in [-0.4, -0.2) is 48.5 Å². The van der Waals surface area contributed by atoms with E-state index in [-0.39, 0.29) is 17.4 Å². The lowest BCUT2D eigenvalue weighted by Crippen LogP contribution is -2.45. The molecule has 2 N–H and O–H groups in total. The second-order valence-electron chi connectivity index (χ2n) is 6.80. The third-order valence-corrected chi connectivity index (χ3v) is 5.78. The Morgan fingerprint density at radius 3 is 2.50 bits per heavy atom. The summed E-state index contributed by atoms with van der Waals surface area (Å²) in [6.07, 6.45) is 5.28. The van der Waals surface area contributed by atoms with Crippen LogP contribution in [0.1, 0.15) is 37.7 Å². The lowest BCUT2D eigenvalue weighted by Gasteiger charge is -2.26. The van der Waals surface area contributed by atoms with Crippen LogP contribution in [0.5, 0.6) is 5.75 Å². The largest absolute Gasteiger partial charge is 0.412 e. The van der Waals surface area contributed by atoms with Crippen LogP contribution < -0.4 is 15.4 Å². The van der Waals surface area contributed by atoms with Gasteiger partial charge in [0.1, 0.15) is 5.75 Å². The Morgan fingerprint density at radius 1 is 1.12 bits per heavy atom. The number of nitrogens with one attached hydrogen (secondary N) is 2. The molecule has 2 fully saturated rings. The fraction of sp³-hybridized carbons (Fsp3) is 0.579. The first-order valence-electron chi connectivity index (χ1n) is 9.40. The summed E-state index contributed by atoms with van der Waals surface area (Å²) in [7, 11) is 0. The molecule has 1 aromatic carbocycles. The number of nitrogens with zero attached hydrogens (tertiary/aromatic N) is 1. The van der Waals surface area contributed by atoms with Gasteiger partial charge in [-0.3, -0.25) is 4.79 Å². The van der Waals surface area contributed by atoms with Crippen molar-refractivity contribution in [1.29, 1.82) is 0 Å². The maximum atomic E-state index is 12.2. The third-order valence-electron chi connectivity index (χ3n) is 4.80. The third kappa shape index (κ3) is 5.92. The van der Waals surface area contributed by atoms with Gasteiger partial charge in [-0.25, -0.2) is 4.79 Å².